The number of fused-ring (bicyclic) bond motifs is 6. The standard InChI is InChI=1S/C50H34N2S/c1-5-19-36(20-6-1)51(37-21-7-2-8-22-37)45-30-17-18-35-34-44(40-27-13-14-28-41(40)48(35)45)42-32-33-46(49-43-29-15-16-31-47(43)53-50(42)49)52(38-23-9-3-10-24-38)39-25-11-4-12-26-39/h1-34H. The fourth-order valence-corrected chi connectivity index (χ4v) is 9.17. The zero-order valence-electron chi connectivity index (χ0n) is 28.9. The molecule has 3 heteroatoms. The molecule has 0 aliphatic carbocycles. The molecule has 0 bridgehead atoms. The van der Waals surface area contributed by atoms with Gasteiger partial charge in [-0.15, -0.1) is 11.3 Å². The fourth-order valence-electron chi connectivity index (χ4n) is 7.92. The van der Waals surface area contributed by atoms with Crippen molar-refractivity contribution in [2.45, 2.75) is 0 Å². The molecule has 0 unspecified atom stereocenters. The summed E-state index contributed by atoms with van der Waals surface area (Å²) in [4.78, 5) is 4.78. The Morgan fingerprint density at radius 1 is 0.321 bits per heavy atom. The van der Waals surface area contributed by atoms with E-state index in [2.05, 4.69) is 216 Å². The van der Waals surface area contributed by atoms with E-state index in [1.807, 2.05) is 11.3 Å². The van der Waals surface area contributed by atoms with Crippen molar-refractivity contribution in [2.75, 3.05) is 9.80 Å². The van der Waals surface area contributed by atoms with Gasteiger partial charge in [-0.05, 0) is 94.5 Å². The molecule has 0 amide bonds. The monoisotopic (exact) mass is 694 g/mol. The third-order valence-electron chi connectivity index (χ3n) is 10.2. The van der Waals surface area contributed by atoms with Crippen LogP contribution in [0.4, 0.5) is 34.1 Å². The number of anilines is 6. The summed E-state index contributed by atoms with van der Waals surface area (Å²) in [7, 11) is 0. The van der Waals surface area contributed by atoms with Gasteiger partial charge in [0.15, 0.2) is 0 Å². The lowest BCUT2D eigenvalue weighted by atomic mass is 9.91. The van der Waals surface area contributed by atoms with Gasteiger partial charge in [0.05, 0.1) is 11.4 Å². The lowest BCUT2D eigenvalue weighted by Crippen LogP contribution is -2.10. The number of nitrogens with zero attached hydrogens (tertiary/aromatic N) is 2. The average molecular weight is 695 g/mol. The Bertz CT molecular complexity index is 2800. The van der Waals surface area contributed by atoms with Crippen LogP contribution in [0.5, 0.6) is 0 Å². The van der Waals surface area contributed by atoms with Crippen molar-refractivity contribution >= 4 is 87.2 Å². The fraction of sp³-hybridized carbons (Fsp3) is 0. The molecule has 10 aromatic rings. The van der Waals surface area contributed by atoms with E-state index in [0.29, 0.717) is 0 Å². The Morgan fingerprint density at radius 3 is 1.36 bits per heavy atom. The maximum atomic E-state index is 2.42. The number of rotatable bonds is 7. The first-order valence-corrected chi connectivity index (χ1v) is 18.8. The largest absolute Gasteiger partial charge is 0.310 e. The molecule has 9 aromatic carbocycles. The summed E-state index contributed by atoms with van der Waals surface area (Å²) in [6, 6.07) is 74.4. The summed E-state index contributed by atoms with van der Waals surface area (Å²) in [5.74, 6) is 0. The van der Waals surface area contributed by atoms with E-state index in [1.165, 1.54) is 58.5 Å². The van der Waals surface area contributed by atoms with Crippen LogP contribution in [-0.2, 0) is 0 Å². The molecule has 0 N–H and O–H groups in total. The predicted octanol–water partition coefficient (Wildman–Crippen LogP) is 15.0. The van der Waals surface area contributed by atoms with Gasteiger partial charge < -0.3 is 9.80 Å². The molecule has 0 saturated heterocycles. The van der Waals surface area contributed by atoms with E-state index in [-0.39, 0.29) is 0 Å². The first kappa shape index (κ1) is 31.1. The van der Waals surface area contributed by atoms with Crippen molar-refractivity contribution < 1.29 is 0 Å². The second-order valence-electron chi connectivity index (χ2n) is 13.3. The van der Waals surface area contributed by atoms with Crippen LogP contribution in [0.2, 0.25) is 0 Å². The Morgan fingerprint density at radius 2 is 0.792 bits per heavy atom. The van der Waals surface area contributed by atoms with Crippen molar-refractivity contribution in [1.29, 1.82) is 0 Å². The highest BCUT2D eigenvalue weighted by Gasteiger charge is 2.23. The highest BCUT2D eigenvalue weighted by molar-refractivity contribution is 7.26. The van der Waals surface area contributed by atoms with Crippen LogP contribution in [0.15, 0.2) is 206 Å². The topological polar surface area (TPSA) is 6.48 Å². The lowest BCUT2D eigenvalue weighted by Gasteiger charge is -2.28. The molecule has 0 radical (unpaired) electrons. The minimum Gasteiger partial charge on any atom is -0.310 e. The molecule has 0 spiro atoms. The van der Waals surface area contributed by atoms with E-state index in [9.17, 15) is 0 Å². The van der Waals surface area contributed by atoms with Crippen molar-refractivity contribution in [2.24, 2.45) is 0 Å². The minimum absolute atomic E-state index is 1.13. The Labute approximate surface area is 313 Å². The van der Waals surface area contributed by atoms with E-state index in [1.54, 1.807) is 0 Å². The third kappa shape index (κ3) is 5.33. The zero-order chi connectivity index (χ0) is 35.1. The van der Waals surface area contributed by atoms with Crippen LogP contribution >= 0.6 is 11.3 Å². The minimum atomic E-state index is 1.13. The Kier molecular flexibility index (Phi) is 7.71. The van der Waals surface area contributed by atoms with Gasteiger partial charge in [-0.1, -0.05) is 133 Å². The van der Waals surface area contributed by atoms with Crippen molar-refractivity contribution in [3.63, 3.8) is 0 Å². The van der Waals surface area contributed by atoms with Crippen LogP contribution in [0.25, 0.3) is 52.8 Å². The molecule has 0 atom stereocenters. The third-order valence-corrected chi connectivity index (χ3v) is 11.4. The van der Waals surface area contributed by atoms with Gasteiger partial charge in [0.1, 0.15) is 0 Å². The highest BCUT2D eigenvalue weighted by Crippen LogP contribution is 2.50. The molecule has 10 rings (SSSR count). The van der Waals surface area contributed by atoms with Crippen molar-refractivity contribution in [3.05, 3.63) is 206 Å². The molecule has 1 aromatic heterocycles. The second kappa shape index (κ2) is 13.1. The number of benzene rings is 9. The quantitative estimate of drug-likeness (QED) is 0.153. The van der Waals surface area contributed by atoms with Crippen LogP contribution in [0, 0.1) is 0 Å². The first-order valence-electron chi connectivity index (χ1n) is 18.0. The summed E-state index contributed by atoms with van der Waals surface area (Å²) in [6.45, 7) is 0. The van der Waals surface area contributed by atoms with Crippen molar-refractivity contribution in [1.82, 2.24) is 0 Å². The number of hydrogen-bond donors (Lipinski definition) is 0. The average Bonchev–Trinajstić information content (AvgIpc) is 3.63. The van der Waals surface area contributed by atoms with Gasteiger partial charge >= 0.3 is 0 Å². The van der Waals surface area contributed by atoms with Gasteiger partial charge in [0, 0.05) is 53.9 Å². The van der Waals surface area contributed by atoms with Gasteiger partial charge in [-0.3, -0.25) is 0 Å². The maximum absolute atomic E-state index is 2.42. The Balaban J connectivity index is 1.25. The molecular weight excluding hydrogens is 661 g/mol. The Hall–Kier alpha value is -6.68. The lowest BCUT2D eigenvalue weighted by molar-refractivity contribution is 1.30. The van der Waals surface area contributed by atoms with E-state index >= 15 is 0 Å². The van der Waals surface area contributed by atoms with E-state index < -0.39 is 0 Å². The summed E-state index contributed by atoms with van der Waals surface area (Å²) < 4.78 is 2.57. The van der Waals surface area contributed by atoms with E-state index in [4.69, 9.17) is 0 Å². The summed E-state index contributed by atoms with van der Waals surface area (Å²) in [5.41, 5.74) is 9.34. The predicted molar refractivity (Wildman–Crippen MR) is 229 cm³/mol. The SMILES string of the molecule is c1ccc(N(c2ccccc2)c2cccc3cc(-c4ccc(N(c5ccccc5)c5ccccc5)c5c4sc4ccccc45)c4ccccc4c23)cc1. The molecule has 250 valence electrons. The molecule has 1 heterocycles. The normalized spacial score (nSPS) is 11.4. The molecule has 2 nitrogen and oxygen atoms in total. The van der Waals surface area contributed by atoms with Crippen LogP contribution < -0.4 is 9.80 Å². The second-order valence-corrected chi connectivity index (χ2v) is 14.3. The number of thiophene rings is 1. The van der Waals surface area contributed by atoms with E-state index in [0.717, 1.165) is 28.4 Å². The van der Waals surface area contributed by atoms with Crippen LogP contribution in [-0.4, -0.2) is 0 Å². The van der Waals surface area contributed by atoms with Gasteiger partial charge in [-0.2, -0.15) is 0 Å². The zero-order valence-corrected chi connectivity index (χ0v) is 29.7. The van der Waals surface area contributed by atoms with Crippen molar-refractivity contribution in [3.8, 4) is 11.1 Å². The summed E-state index contributed by atoms with van der Waals surface area (Å²) >= 11 is 1.89. The van der Waals surface area contributed by atoms with Gasteiger partial charge in [-0.25, -0.2) is 0 Å². The first-order chi connectivity index (χ1) is 26.3. The highest BCUT2D eigenvalue weighted by atomic mass is 32.1. The summed E-state index contributed by atoms with van der Waals surface area (Å²) in [6.07, 6.45) is 0. The summed E-state index contributed by atoms with van der Waals surface area (Å²) in [5, 5.41) is 7.47. The number of para-hydroxylation sites is 4. The molecule has 0 fully saturated rings. The molecule has 0 aliphatic rings. The molecular formula is C50H34N2S. The van der Waals surface area contributed by atoms with Gasteiger partial charge in [0.25, 0.3) is 0 Å². The molecule has 0 aliphatic heterocycles. The van der Waals surface area contributed by atoms with Crippen LogP contribution in [0.1, 0.15) is 0 Å². The van der Waals surface area contributed by atoms with Gasteiger partial charge in [0.2, 0.25) is 0 Å². The number of hydrogen-bond acceptors (Lipinski definition) is 3. The smallest absolute Gasteiger partial charge is 0.0555 e. The maximum Gasteiger partial charge on any atom is 0.0555 e. The molecule has 53 heavy (non-hydrogen) atoms. The van der Waals surface area contributed by atoms with Crippen LogP contribution in [0.3, 0.4) is 0 Å². The molecule has 0 saturated carbocycles.